The van der Waals surface area contributed by atoms with E-state index >= 15 is 0 Å². The van der Waals surface area contributed by atoms with E-state index in [0.717, 1.165) is 6.42 Å². The van der Waals surface area contributed by atoms with E-state index in [1.807, 2.05) is 11.7 Å². The molecule has 84 valence electrons. The van der Waals surface area contributed by atoms with Crippen LogP contribution >= 0.6 is 11.3 Å². The van der Waals surface area contributed by atoms with Crippen LogP contribution in [0.3, 0.4) is 0 Å². The maximum absolute atomic E-state index is 5.87. The monoisotopic (exact) mass is 232 g/mol. The van der Waals surface area contributed by atoms with Crippen molar-refractivity contribution in [3.05, 3.63) is 52.0 Å². The van der Waals surface area contributed by atoms with Gasteiger partial charge < -0.3 is 5.73 Å². The van der Waals surface area contributed by atoms with Crippen LogP contribution in [-0.2, 0) is 6.42 Å². The van der Waals surface area contributed by atoms with Gasteiger partial charge in [-0.1, -0.05) is 24.3 Å². The highest BCUT2D eigenvalue weighted by molar-refractivity contribution is 7.09. The molecule has 0 saturated carbocycles. The van der Waals surface area contributed by atoms with Crippen LogP contribution in [0.2, 0.25) is 0 Å². The topological polar surface area (TPSA) is 38.9 Å². The molecule has 1 heterocycles. The summed E-state index contributed by atoms with van der Waals surface area (Å²) in [6.07, 6.45) is 2.93. The number of thiazole rings is 1. The van der Waals surface area contributed by atoms with Crippen LogP contribution < -0.4 is 5.73 Å². The number of nitrogens with zero attached hydrogens (tertiary/aromatic N) is 1. The van der Waals surface area contributed by atoms with Gasteiger partial charge in [0.05, 0.1) is 5.51 Å². The Morgan fingerprint density at radius 1 is 1.38 bits per heavy atom. The molecule has 1 aromatic heterocycles. The van der Waals surface area contributed by atoms with Gasteiger partial charge in [0.25, 0.3) is 0 Å². The number of rotatable bonds is 4. The Bertz CT molecular complexity index is 437. The summed E-state index contributed by atoms with van der Waals surface area (Å²) in [5.74, 6) is 0.404. The molecule has 0 radical (unpaired) electrons. The van der Waals surface area contributed by atoms with E-state index in [0.29, 0.717) is 12.5 Å². The predicted molar refractivity (Wildman–Crippen MR) is 68.8 cm³/mol. The van der Waals surface area contributed by atoms with Crippen LogP contribution in [-0.4, -0.2) is 11.5 Å². The smallest absolute Gasteiger partial charge is 0.0794 e. The minimum Gasteiger partial charge on any atom is -0.330 e. The minimum atomic E-state index is 0.404. The first kappa shape index (κ1) is 11.3. The normalized spacial score (nSPS) is 12.6. The zero-order valence-electron chi connectivity index (χ0n) is 9.39. The van der Waals surface area contributed by atoms with Crippen LogP contribution in [0.5, 0.6) is 0 Å². The highest BCUT2D eigenvalue weighted by atomic mass is 32.1. The molecule has 0 saturated heterocycles. The van der Waals surface area contributed by atoms with E-state index in [-0.39, 0.29) is 0 Å². The lowest BCUT2D eigenvalue weighted by Gasteiger charge is -2.16. The molecular weight excluding hydrogens is 216 g/mol. The van der Waals surface area contributed by atoms with E-state index in [1.54, 1.807) is 11.3 Å². The van der Waals surface area contributed by atoms with Crippen molar-refractivity contribution in [1.29, 1.82) is 0 Å². The van der Waals surface area contributed by atoms with Gasteiger partial charge in [0.1, 0.15) is 0 Å². The summed E-state index contributed by atoms with van der Waals surface area (Å²) in [7, 11) is 0. The lowest BCUT2D eigenvalue weighted by Crippen LogP contribution is -2.15. The molecule has 2 N–H and O–H groups in total. The largest absolute Gasteiger partial charge is 0.330 e. The first-order valence-corrected chi connectivity index (χ1v) is 6.32. The Hall–Kier alpha value is -1.19. The predicted octanol–water partition coefficient (Wildman–Crippen LogP) is 2.74. The van der Waals surface area contributed by atoms with Gasteiger partial charge >= 0.3 is 0 Å². The van der Waals surface area contributed by atoms with E-state index in [4.69, 9.17) is 5.73 Å². The number of benzene rings is 1. The van der Waals surface area contributed by atoms with E-state index in [9.17, 15) is 0 Å². The van der Waals surface area contributed by atoms with Crippen molar-refractivity contribution in [3.8, 4) is 0 Å². The maximum atomic E-state index is 5.87. The van der Waals surface area contributed by atoms with Crippen LogP contribution in [0.1, 0.15) is 21.9 Å². The van der Waals surface area contributed by atoms with Crippen molar-refractivity contribution in [3.63, 3.8) is 0 Å². The lowest BCUT2D eigenvalue weighted by atomic mass is 9.92. The summed E-state index contributed by atoms with van der Waals surface area (Å²) in [4.78, 5) is 5.41. The van der Waals surface area contributed by atoms with Gasteiger partial charge in [0, 0.05) is 17.0 Å². The van der Waals surface area contributed by atoms with E-state index in [1.165, 1.54) is 16.0 Å². The molecule has 1 aromatic carbocycles. The Morgan fingerprint density at radius 3 is 2.81 bits per heavy atom. The molecule has 2 aromatic rings. The molecule has 0 fully saturated rings. The molecule has 3 heteroatoms. The fraction of sp³-hybridized carbons (Fsp3) is 0.308. The molecule has 1 unspecified atom stereocenters. The molecule has 0 aliphatic carbocycles. The summed E-state index contributed by atoms with van der Waals surface area (Å²) in [5, 5.41) is 0. The summed E-state index contributed by atoms with van der Waals surface area (Å²) < 4.78 is 0. The van der Waals surface area contributed by atoms with Gasteiger partial charge in [-0.25, -0.2) is 0 Å². The standard InChI is InChI=1S/C13H16N2S/c1-10-4-2-3-5-13(10)11(7-14)6-12-8-15-9-16-12/h2-5,8-9,11H,6-7,14H2,1H3. The third kappa shape index (κ3) is 2.49. The second kappa shape index (κ2) is 5.23. The molecule has 16 heavy (non-hydrogen) atoms. The molecular formula is C13H16N2S. The first-order valence-electron chi connectivity index (χ1n) is 5.44. The van der Waals surface area contributed by atoms with Crippen molar-refractivity contribution in [1.82, 2.24) is 4.98 Å². The maximum Gasteiger partial charge on any atom is 0.0794 e. The molecule has 0 amide bonds. The third-order valence-corrected chi connectivity index (χ3v) is 3.65. The van der Waals surface area contributed by atoms with Gasteiger partial charge in [-0.15, -0.1) is 11.3 Å². The molecule has 2 rings (SSSR count). The zero-order chi connectivity index (χ0) is 11.4. The van der Waals surface area contributed by atoms with Crippen molar-refractivity contribution in [2.75, 3.05) is 6.54 Å². The summed E-state index contributed by atoms with van der Waals surface area (Å²) in [5.41, 5.74) is 10.4. The lowest BCUT2D eigenvalue weighted by molar-refractivity contribution is 0.696. The van der Waals surface area contributed by atoms with Crippen LogP contribution in [0.25, 0.3) is 0 Å². The van der Waals surface area contributed by atoms with Gasteiger partial charge in [-0.05, 0) is 31.0 Å². The molecule has 0 bridgehead atoms. The third-order valence-electron chi connectivity index (χ3n) is 2.84. The molecule has 1 atom stereocenters. The number of nitrogens with two attached hydrogens (primary N) is 1. The van der Waals surface area contributed by atoms with Gasteiger partial charge in [-0.2, -0.15) is 0 Å². The number of hydrogen-bond acceptors (Lipinski definition) is 3. The number of hydrogen-bond donors (Lipinski definition) is 1. The highest BCUT2D eigenvalue weighted by Crippen LogP contribution is 2.24. The second-order valence-corrected chi connectivity index (χ2v) is 4.93. The minimum absolute atomic E-state index is 0.404. The molecule has 0 spiro atoms. The van der Waals surface area contributed by atoms with Gasteiger partial charge in [0.15, 0.2) is 0 Å². The zero-order valence-corrected chi connectivity index (χ0v) is 10.2. The fourth-order valence-corrected chi connectivity index (χ4v) is 2.63. The Labute approximate surface area is 100 Å². The van der Waals surface area contributed by atoms with Crippen LogP contribution in [0.4, 0.5) is 0 Å². The Morgan fingerprint density at radius 2 is 2.19 bits per heavy atom. The summed E-state index contributed by atoms with van der Waals surface area (Å²) >= 11 is 1.70. The average Bonchev–Trinajstić information content (AvgIpc) is 2.80. The highest BCUT2D eigenvalue weighted by Gasteiger charge is 2.13. The summed E-state index contributed by atoms with van der Waals surface area (Å²) in [6, 6.07) is 8.47. The van der Waals surface area contributed by atoms with Gasteiger partial charge in [-0.3, -0.25) is 4.98 Å². The van der Waals surface area contributed by atoms with E-state index in [2.05, 4.69) is 36.2 Å². The fourth-order valence-electron chi connectivity index (χ4n) is 1.95. The molecule has 0 aliphatic heterocycles. The SMILES string of the molecule is Cc1ccccc1C(CN)Cc1cncs1. The van der Waals surface area contributed by atoms with E-state index < -0.39 is 0 Å². The summed E-state index contributed by atoms with van der Waals surface area (Å²) in [6.45, 7) is 2.83. The average molecular weight is 232 g/mol. The number of aromatic nitrogens is 1. The van der Waals surface area contributed by atoms with Gasteiger partial charge in [0.2, 0.25) is 0 Å². The van der Waals surface area contributed by atoms with Crippen molar-refractivity contribution >= 4 is 11.3 Å². The second-order valence-electron chi connectivity index (χ2n) is 3.96. The van der Waals surface area contributed by atoms with Crippen LogP contribution in [0, 0.1) is 6.92 Å². The van der Waals surface area contributed by atoms with Crippen LogP contribution in [0.15, 0.2) is 36.0 Å². The molecule has 0 aliphatic rings. The van der Waals surface area contributed by atoms with Crippen molar-refractivity contribution in [2.45, 2.75) is 19.3 Å². The first-order chi connectivity index (χ1) is 7.81. The number of aryl methyl sites for hydroxylation is 1. The van der Waals surface area contributed by atoms with Crippen molar-refractivity contribution < 1.29 is 0 Å². The molecule has 2 nitrogen and oxygen atoms in total. The Balaban J connectivity index is 2.20. The Kier molecular flexibility index (Phi) is 3.70. The quantitative estimate of drug-likeness (QED) is 0.880. The van der Waals surface area contributed by atoms with Crippen molar-refractivity contribution in [2.24, 2.45) is 5.73 Å².